The normalized spacial score (nSPS) is 10.4. The number of rotatable bonds is 5. The van der Waals surface area contributed by atoms with Crippen molar-refractivity contribution in [1.82, 2.24) is 10.1 Å². The third-order valence-corrected chi connectivity index (χ3v) is 3.15. The molecule has 0 saturated carbocycles. The number of nitrogens with two attached hydrogens (primary N) is 2. The third-order valence-electron chi connectivity index (χ3n) is 2.03. The smallest absolute Gasteiger partial charge is 0.260 e. The minimum absolute atomic E-state index is 0.366. The number of amides is 1. The van der Waals surface area contributed by atoms with Crippen molar-refractivity contribution in [3.63, 3.8) is 0 Å². The topological polar surface area (TPSA) is 120 Å². The van der Waals surface area contributed by atoms with E-state index in [0.29, 0.717) is 29.4 Å². The summed E-state index contributed by atoms with van der Waals surface area (Å²) in [4.78, 5) is 15.2. The summed E-state index contributed by atoms with van der Waals surface area (Å²) in [7, 11) is 0. The number of hydrogen-bond acceptors (Lipinski definition) is 7. The molecule has 0 spiro atoms. The molecule has 0 aliphatic carbocycles. The molecule has 90 valence electrons. The van der Waals surface area contributed by atoms with E-state index >= 15 is 0 Å². The summed E-state index contributed by atoms with van der Waals surface area (Å²) in [6, 6.07) is 1.68. The van der Waals surface area contributed by atoms with E-state index in [1.165, 1.54) is 17.7 Å². The van der Waals surface area contributed by atoms with Crippen LogP contribution in [0.1, 0.15) is 15.6 Å². The van der Waals surface area contributed by atoms with Crippen LogP contribution in [0.15, 0.2) is 16.9 Å². The monoisotopic (exact) mass is 253 g/mol. The highest BCUT2D eigenvalue weighted by Crippen LogP contribution is 2.28. The van der Waals surface area contributed by atoms with Gasteiger partial charge in [-0.25, -0.2) is 0 Å². The molecule has 1 amide bonds. The minimum Gasteiger partial charge on any atom is -0.397 e. The zero-order valence-electron chi connectivity index (χ0n) is 8.84. The van der Waals surface area contributed by atoms with E-state index in [0.717, 1.165) is 5.00 Å². The largest absolute Gasteiger partial charge is 0.397 e. The molecule has 0 saturated heterocycles. The van der Waals surface area contributed by atoms with Crippen molar-refractivity contribution in [3.05, 3.63) is 23.2 Å². The van der Waals surface area contributed by atoms with Crippen LogP contribution in [0.2, 0.25) is 0 Å². The van der Waals surface area contributed by atoms with Crippen molar-refractivity contribution in [3.8, 4) is 0 Å². The molecule has 2 aromatic rings. The fraction of sp³-hybridized carbons (Fsp3) is 0.222. The Balaban J connectivity index is 1.91. The molecule has 2 rings (SSSR count). The molecule has 7 nitrogen and oxygen atoms in total. The van der Waals surface area contributed by atoms with Gasteiger partial charge in [-0.3, -0.25) is 4.79 Å². The van der Waals surface area contributed by atoms with Crippen LogP contribution in [-0.4, -0.2) is 22.6 Å². The van der Waals surface area contributed by atoms with E-state index < -0.39 is 5.91 Å². The van der Waals surface area contributed by atoms with E-state index in [4.69, 9.17) is 16.0 Å². The number of nitrogens with zero attached hydrogens (tertiary/aromatic N) is 2. The van der Waals surface area contributed by atoms with Crippen LogP contribution < -0.4 is 16.8 Å². The first kappa shape index (κ1) is 11.4. The third kappa shape index (κ3) is 2.72. The molecule has 0 aliphatic rings. The fourth-order valence-electron chi connectivity index (χ4n) is 1.28. The van der Waals surface area contributed by atoms with Crippen molar-refractivity contribution >= 4 is 27.9 Å². The highest BCUT2D eigenvalue weighted by molar-refractivity contribution is 7.18. The maximum absolute atomic E-state index is 11.0. The summed E-state index contributed by atoms with van der Waals surface area (Å²) in [5.41, 5.74) is 11.2. The summed E-state index contributed by atoms with van der Waals surface area (Å²) < 4.78 is 4.84. The second kappa shape index (κ2) is 4.83. The predicted molar refractivity (Wildman–Crippen MR) is 63.7 cm³/mol. The Hall–Kier alpha value is -2.09. The van der Waals surface area contributed by atoms with Gasteiger partial charge in [-0.2, -0.15) is 4.98 Å². The number of aromatic nitrogens is 2. The second-order valence-corrected chi connectivity index (χ2v) is 4.32. The van der Waals surface area contributed by atoms with E-state index in [1.54, 1.807) is 6.07 Å². The van der Waals surface area contributed by atoms with Crippen LogP contribution in [-0.2, 0) is 6.42 Å². The number of carbonyl (C=O) groups is 1. The Morgan fingerprint density at radius 3 is 3.00 bits per heavy atom. The van der Waals surface area contributed by atoms with Crippen molar-refractivity contribution in [1.29, 1.82) is 0 Å². The van der Waals surface area contributed by atoms with Gasteiger partial charge in [0.1, 0.15) is 4.88 Å². The lowest BCUT2D eigenvalue weighted by atomic mass is 10.4. The molecule has 0 unspecified atom stereocenters. The molecule has 17 heavy (non-hydrogen) atoms. The average Bonchev–Trinajstić information content (AvgIpc) is 2.88. The molecule has 2 aromatic heterocycles. The molecular weight excluding hydrogens is 242 g/mol. The minimum atomic E-state index is -0.516. The van der Waals surface area contributed by atoms with Gasteiger partial charge in [0.05, 0.1) is 10.7 Å². The van der Waals surface area contributed by atoms with Gasteiger partial charge in [-0.15, -0.1) is 11.3 Å². The molecular formula is C9H11N5O2S. The van der Waals surface area contributed by atoms with Crippen LogP contribution >= 0.6 is 11.3 Å². The number of thiophene rings is 1. The Kier molecular flexibility index (Phi) is 3.24. The van der Waals surface area contributed by atoms with Crippen molar-refractivity contribution in [2.75, 3.05) is 17.6 Å². The van der Waals surface area contributed by atoms with Crippen LogP contribution in [0.5, 0.6) is 0 Å². The quantitative estimate of drug-likeness (QED) is 0.712. The lowest BCUT2D eigenvalue weighted by Crippen LogP contribution is -2.10. The van der Waals surface area contributed by atoms with Crippen molar-refractivity contribution in [2.45, 2.75) is 6.42 Å². The van der Waals surface area contributed by atoms with Gasteiger partial charge >= 0.3 is 0 Å². The molecule has 5 N–H and O–H groups in total. The number of anilines is 2. The Labute approximate surface area is 101 Å². The van der Waals surface area contributed by atoms with Crippen molar-refractivity contribution in [2.24, 2.45) is 5.73 Å². The standard InChI is InChI=1S/C9H11N5O2S/c10-5-3-7(17-8(5)9(11)15)12-2-1-6-13-4-14-16-6/h3-4,12H,1-2,10H2,(H2,11,15). The number of hydrogen-bond donors (Lipinski definition) is 3. The summed E-state index contributed by atoms with van der Waals surface area (Å²) in [6.45, 7) is 0.611. The Morgan fingerprint density at radius 2 is 2.41 bits per heavy atom. The van der Waals surface area contributed by atoms with Crippen LogP contribution in [0, 0.1) is 0 Å². The molecule has 0 radical (unpaired) electrons. The highest BCUT2D eigenvalue weighted by atomic mass is 32.1. The van der Waals surface area contributed by atoms with Gasteiger partial charge in [0, 0.05) is 13.0 Å². The average molecular weight is 253 g/mol. The summed E-state index contributed by atoms with van der Waals surface area (Å²) >= 11 is 1.23. The number of primary amides is 1. The van der Waals surface area contributed by atoms with Crippen LogP contribution in [0.3, 0.4) is 0 Å². The Morgan fingerprint density at radius 1 is 1.59 bits per heavy atom. The molecule has 0 aliphatic heterocycles. The number of carbonyl (C=O) groups excluding carboxylic acids is 1. The van der Waals surface area contributed by atoms with Gasteiger partial charge in [0.25, 0.3) is 5.91 Å². The molecule has 8 heteroatoms. The zero-order valence-corrected chi connectivity index (χ0v) is 9.66. The van der Waals surface area contributed by atoms with Gasteiger partial charge in [0.15, 0.2) is 6.33 Å². The molecule has 2 heterocycles. The van der Waals surface area contributed by atoms with Crippen LogP contribution in [0.25, 0.3) is 0 Å². The van der Waals surface area contributed by atoms with Gasteiger partial charge in [-0.1, -0.05) is 5.16 Å². The number of nitrogens with one attached hydrogen (secondary N) is 1. The lowest BCUT2D eigenvalue weighted by Gasteiger charge is -1.99. The molecule has 0 atom stereocenters. The van der Waals surface area contributed by atoms with Gasteiger partial charge in [0.2, 0.25) is 5.89 Å². The van der Waals surface area contributed by atoms with E-state index in [-0.39, 0.29) is 0 Å². The fourth-order valence-corrected chi connectivity index (χ4v) is 2.14. The van der Waals surface area contributed by atoms with E-state index in [1.807, 2.05) is 0 Å². The maximum atomic E-state index is 11.0. The summed E-state index contributed by atoms with van der Waals surface area (Å²) in [6.07, 6.45) is 1.95. The Bertz CT molecular complexity index is 507. The first-order valence-electron chi connectivity index (χ1n) is 4.85. The molecule has 0 fully saturated rings. The highest BCUT2D eigenvalue weighted by Gasteiger charge is 2.11. The first-order valence-corrected chi connectivity index (χ1v) is 5.67. The lowest BCUT2D eigenvalue weighted by molar-refractivity contribution is 0.100. The van der Waals surface area contributed by atoms with Crippen molar-refractivity contribution < 1.29 is 9.32 Å². The second-order valence-electron chi connectivity index (χ2n) is 3.27. The van der Waals surface area contributed by atoms with Gasteiger partial charge in [-0.05, 0) is 6.07 Å². The maximum Gasteiger partial charge on any atom is 0.260 e. The first-order chi connectivity index (χ1) is 8.16. The predicted octanol–water partition coefficient (Wildman–Crippen LogP) is 0.467. The molecule has 0 bridgehead atoms. The van der Waals surface area contributed by atoms with E-state index in [2.05, 4.69) is 15.5 Å². The van der Waals surface area contributed by atoms with Gasteiger partial charge < -0.3 is 21.3 Å². The summed E-state index contributed by atoms with van der Waals surface area (Å²) in [5.74, 6) is 0.0367. The number of nitrogen functional groups attached to an aromatic ring is 1. The molecule has 0 aromatic carbocycles. The van der Waals surface area contributed by atoms with E-state index in [9.17, 15) is 4.79 Å². The summed E-state index contributed by atoms with van der Waals surface area (Å²) in [5, 5.41) is 7.39. The zero-order chi connectivity index (χ0) is 12.3. The SMILES string of the molecule is NC(=O)c1sc(NCCc2ncno2)cc1N. The van der Waals surface area contributed by atoms with Crippen LogP contribution in [0.4, 0.5) is 10.7 Å².